The van der Waals surface area contributed by atoms with Crippen molar-refractivity contribution >= 4 is 5.97 Å². The van der Waals surface area contributed by atoms with E-state index in [1.807, 2.05) is 23.3 Å². The highest BCUT2D eigenvalue weighted by molar-refractivity contribution is 5.83. The van der Waals surface area contributed by atoms with Crippen LogP contribution in [0.3, 0.4) is 0 Å². The van der Waals surface area contributed by atoms with Crippen molar-refractivity contribution in [1.29, 1.82) is 0 Å². The molecule has 1 N–H and O–H groups in total. The quantitative estimate of drug-likeness (QED) is 0.913. The second-order valence-electron chi connectivity index (χ2n) is 5.71. The molecule has 4 heteroatoms. The zero-order valence-corrected chi connectivity index (χ0v) is 11.8. The first-order chi connectivity index (χ1) is 9.81. The minimum Gasteiger partial charge on any atom is -0.367 e. The van der Waals surface area contributed by atoms with Crippen LogP contribution >= 0.6 is 0 Å². The Labute approximate surface area is 120 Å². The van der Waals surface area contributed by atoms with Gasteiger partial charge in [0.05, 0.1) is 5.41 Å². The van der Waals surface area contributed by atoms with E-state index in [4.69, 9.17) is 4.84 Å². The van der Waals surface area contributed by atoms with Crippen molar-refractivity contribution in [3.05, 3.63) is 35.9 Å². The van der Waals surface area contributed by atoms with Gasteiger partial charge >= 0.3 is 5.97 Å². The Kier molecular flexibility index (Phi) is 4.03. The molecular weight excluding hydrogens is 252 g/mol. The Bertz CT molecular complexity index is 449. The Morgan fingerprint density at radius 1 is 1.10 bits per heavy atom. The SMILES string of the molecule is O=C(ON1CCCC1)C1(c2ccccc2)CCNCC1. The van der Waals surface area contributed by atoms with Crippen LogP contribution in [0.2, 0.25) is 0 Å². The van der Waals surface area contributed by atoms with Crippen molar-refractivity contribution in [2.45, 2.75) is 31.1 Å². The van der Waals surface area contributed by atoms with Gasteiger partial charge in [-0.25, -0.2) is 4.79 Å². The van der Waals surface area contributed by atoms with Crippen LogP contribution in [-0.4, -0.2) is 37.2 Å². The van der Waals surface area contributed by atoms with E-state index in [1.165, 1.54) is 0 Å². The first kappa shape index (κ1) is 13.6. The second-order valence-corrected chi connectivity index (χ2v) is 5.71. The van der Waals surface area contributed by atoms with Gasteiger partial charge in [-0.2, -0.15) is 0 Å². The third-order valence-electron chi connectivity index (χ3n) is 4.45. The van der Waals surface area contributed by atoms with Gasteiger partial charge in [-0.1, -0.05) is 30.3 Å². The highest BCUT2D eigenvalue weighted by Gasteiger charge is 2.43. The van der Waals surface area contributed by atoms with Crippen LogP contribution < -0.4 is 5.32 Å². The summed E-state index contributed by atoms with van der Waals surface area (Å²) in [6.07, 6.45) is 3.85. The maximum absolute atomic E-state index is 12.8. The smallest absolute Gasteiger partial charge is 0.335 e. The molecule has 2 heterocycles. The van der Waals surface area contributed by atoms with Gasteiger partial charge in [-0.3, -0.25) is 0 Å². The van der Waals surface area contributed by atoms with E-state index in [2.05, 4.69) is 17.4 Å². The van der Waals surface area contributed by atoms with Crippen LogP contribution in [-0.2, 0) is 15.0 Å². The minimum atomic E-state index is -0.477. The van der Waals surface area contributed by atoms with Crippen molar-refractivity contribution in [2.24, 2.45) is 0 Å². The molecule has 0 radical (unpaired) electrons. The molecule has 4 nitrogen and oxygen atoms in total. The highest BCUT2D eigenvalue weighted by Crippen LogP contribution is 2.35. The Morgan fingerprint density at radius 3 is 2.40 bits per heavy atom. The average Bonchev–Trinajstić information content (AvgIpc) is 3.02. The van der Waals surface area contributed by atoms with E-state index in [0.29, 0.717) is 0 Å². The highest BCUT2D eigenvalue weighted by atomic mass is 16.7. The molecule has 0 unspecified atom stereocenters. The third kappa shape index (κ3) is 2.58. The number of rotatable bonds is 3. The van der Waals surface area contributed by atoms with Crippen LogP contribution in [0.4, 0.5) is 0 Å². The number of piperidine rings is 1. The maximum atomic E-state index is 12.8. The number of nitrogens with one attached hydrogen (secondary N) is 1. The van der Waals surface area contributed by atoms with Crippen LogP contribution in [0, 0.1) is 0 Å². The van der Waals surface area contributed by atoms with Gasteiger partial charge in [0.25, 0.3) is 0 Å². The van der Waals surface area contributed by atoms with E-state index in [0.717, 1.165) is 57.4 Å². The molecule has 2 fully saturated rings. The van der Waals surface area contributed by atoms with Crippen molar-refractivity contribution in [3.63, 3.8) is 0 Å². The van der Waals surface area contributed by atoms with Crippen LogP contribution in [0.15, 0.2) is 30.3 Å². The normalized spacial score (nSPS) is 22.6. The van der Waals surface area contributed by atoms with E-state index < -0.39 is 5.41 Å². The summed E-state index contributed by atoms with van der Waals surface area (Å²) in [4.78, 5) is 18.5. The van der Waals surface area contributed by atoms with Gasteiger partial charge < -0.3 is 10.2 Å². The monoisotopic (exact) mass is 274 g/mol. The van der Waals surface area contributed by atoms with Gasteiger partial charge in [-0.05, 0) is 44.3 Å². The lowest BCUT2D eigenvalue weighted by atomic mass is 9.73. The molecule has 108 valence electrons. The summed E-state index contributed by atoms with van der Waals surface area (Å²) in [5.41, 5.74) is 0.612. The van der Waals surface area contributed by atoms with Crippen molar-refractivity contribution < 1.29 is 9.63 Å². The molecule has 0 saturated carbocycles. The lowest BCUT2D eigenvalue weighted by Gasteiger charge is -2.36. The number of hydrogen-bond acceptors (Lipinski definition) is 4. The Hall–Kier alpha value is -1.39. The molecule has 2 saturated heterocycles. The predicted molar refractivity (Wildman–Crippen MR) is 77.1 cm³/mol. The third-order valence-corrected chi connectivity index (χ3v) is 4.45. The number of nitrogens with zero attached hydrogens (tertiary/aromatic N) is 1. The van der Waals surface area contributed by atoms with Gasteiger partial charge in [0, 0.05) is 13.1 Å². The molecule has 0 bridgehead atoms. The minimum absolute atomic E-state index is 0.0768. The molecule has 0 atom stereocenters. The first-order valence-corrected chi connectivity index (χ1v) is 7.55. The fourth-order valence-corrected chi connectivity index (χ4v) is 3.21. The predicted octanol–water partition coefficient (Wildman–Crippen LogP) is 1.86. The van der Waals surface area contributed by atoms with Crippen LogP contribution in [0.25, 0.3) is 0 Å². The molecule has 2 aliphatic rings. The van der Waals surface area contributed by atoms with Crippen molar-refractivity contribution in [1.82, 2.24) is 10.4 Å². The summed E-state index contributed by atoms with van der Waals surface area (Å²) in [6, 6.07) is 10.1. The van der Waals surface area contributed by atoms with Crippen molar-refractivity contribution in [2.75, 3.05) is 26.2 Å². The molecule has 0 aliphatic carbocycles. The number of hydroxylamine groups is 2. The van der Waals surface area contributed by atoms with Gasteiger partial charge in [-0.15, -0.1) is 5.06 Å². The molecule has 1 aromatic rings. The standard InChI is InChI=1S/C16H22N2O2/c19-15(20-18-12-4-5-13-18)16(8-10-17-11-9-16)14-6-2-1-3-7-14/h1-3,6-7,17H,4-5,8-13H2. The molecule has 0 spiro atoms. The zero-order valence-electron chi connectivity index (χ0n) is 11.8. The Balaban J connectivity index is 1.83. The topological polar surface area (TPSA) is 41.6 Å². The molecule has 1 aromatic carbocycles. The van der Waals surface area contributed by atoms with E-state index in [-0.39, 0.29) is 5.97 Å². The van der Waals surface area contributed by atoms with Crippen molar-refractivity contribution in [3.8, 4) is 0 Å². The lowest BCUT2D eigenvalue weighted by Crippen LogP contribution is -2.48. The van der Waals surface area contributed by atoms with E-state index >= 15 is 0 Å². The summed E-state index contributed by atoms with van der Waals surface area (Å²) >= 11 is 0. The summed E-state index contributed by atoms with van der Waals surface area (Å²) in [5.74, 6) is -0.0768. The summed E-state index contributed by atoms with van der Waals surface area (Å²) < 4.78 is 0. The summed E-state index contributed by atoms with van der Waals surface area (Å²) in [5, 5.41) is 5.16. The summed E-state index contributed by atoms with van der Waals surface area (Å²) in [6.45, 7) is 3.47. The molecule has 20 heavy (non-hydrogen) atoms. The number of carbonyl (C=O) groups is 1. The fraction of sp³-hybridized carbons (Fsp3) is 0.562. The largest absolute Gasteiger partial charge is 0.367 e. The van der Waals surface area contributed by atoms with Gasteiger partial charge in [0.2, 0.25) is 0 Å². The number of carbonyl (C=O) groups excluding carboxylic acids is 1. The lowest BCUT2D eigenvalue weighted by molar-refractivity contribution is -0.194. The molecule has 0 aromatic heterocycles. The van der Waals surface area contributed by atoms with Crippen LogP contribution in [0.1, 0.15) is 31.2 Å². The fourth-order valence-electron chi connectivity index (χ4n) is 3.21. The van der Waals surface area contributed by atoms with E-state index in [1.54, 1.807) is 0 Å². The molecule has 2 aliphatic heterocycles. The molecule has 3 rings (SSSR count). The first-order valence-electron chi connectivity index (χ1n) is 7.55. The summed E-state index contributed by atoms with van der Waals surface area (Å²) in [7, 11) is 0. The molecular formula is C16H22N2O2. The number of hydrogen-bond donors (Lipinski definition) is 1. The van der Waals surface area contributed by atoms with Gasteiger partial charge in [0.1, 0.15) is 0 Å². The second kappa shape index (κ2) is 5.94. The zero-order chi connectivity index (χ0) is 13.8. The van der Waals surface area contributed by atoms with Gasteiger partial charge in [0.15, 0.2) is 0 Å². The van der Waals surface area contributed by atoms with Crippen LogP contribution in [0.5, 0.6) is 0 Å². The van der Waals surface area contributed by atoms with E-state index in [9.17, 15) is 4.79 Å². The maximum Gasteiger partial charge on any atom is 0.335 e. The average molecular weight is 274 g/mol. The number of benzene rings is 1. The molecule has 0 amide bonds. The Morgan fingerprint density at radius 2 is 1.75 bits per heavy atom.